The van der Waals surface area contributed by atoms with Gasteiger partial charge in [0.05, 0.1) is 5.56 Å². The molecule has 184 valence electrons. The highest BCUT2D eigenvalue weighted by Gasteiger charge is 2.23. The highest BCUT2D eigenvalue weighted by atomic mass is 32.1. The molecule has 2 saturated heterocycles. The van der Waals surface area contributed by atoms with Crippen LogP contribution in [0.1, 0.15) is 40.7 Å². The molecule has 35 heavy (non-hydrogen) atoms. The predicted molar refractivity (Wildman–Crippen MR) is 146 cm³/mol. The third kappa shape index (κ3) is 5.85. The van der Waals surface area contributed by atoms with Gasteiger partial charge in [0, 0.05) is 67.8 Å². The first kappa shape index (κ1) is 23.8. The van der Waals surface area contributed by atoms with E-state index in [9.17, 15) is 4.79 Å². The largest absolute Gasteiger partial charge is 0.369 e. The molecule has 4 heterocycles. The molecule has 7 heteroatoms. The summed E-state index contributed by atoms with van der Waals surface area (Å²) in [4.78, 5) is 26.6. The van der Waals surface area contributed by atoms with E-state index >= 15 is 0 Å². The van der Waals surface area contributed by atoms with Gasteiger partial charge < -0.3 is 15.1 Å². The summed E-state index contributed by atoms with van der Waals surface area (Å²) < 4.78 is 0. The summed E-state index contributed by atoms with van der Waals surface area (Å²) in [6, 6.07) is 16.4. The average molecular weight is 490 g/mol. The number of nitrogens with zero attached hydrogens (tertiary/aromatic N) is 4. The number of pyridine rings is 1. The number of thiophene rings is 1. The van der Waals surface area contributed by atoms with Crippen LogP contribution in [0.25, 0.3) is 0 Å². The Morgan fingerprint density at radius 3 is 2.40 bits per heavy atom. The Hall–Kier alpha value is -2.90. The van der Waals surface area contributed by atoms with Gasteiger partial charge in [0.15, 0.2) is 0 Å². The zero-order valence-electron chi connectivity index (χ0n) is 20.7. The first-order chi connectivity index (χ1) is 17.0. The highest BCUT2D eigenvalue weighted by Crippen LogP contribution is 2.26. The molecule has 0 unspecified atom stereocenters. The van der Waals surface area contributed by atoms with Crippen molar-refractivity contribution in [2.75, 3.05) is 54.4 Å². The molecule has 1 amide bonds. The van der Waals surface area contributed by atoms with Crippen LogP contribution in [0, 0.1) is 12.8 Å². The molecule has 2 aliphatic heterocycles. The number of benzene rings is 1. The monoisotopic (exact) mass is 489 g/mol. The fraction of sp³-hybridized carbons (Fsp3) is 0.429. The van der Waals surface area contributed by atoms with Crippen LogP contribution in [0.3, 0.4) is 0 Å². The number of rotatable bonds is 6. The van der Waals surface area contributed by atoms with Crippen LogP contribution in [0.15, 0.2) is 53.9 Å². The standard InChI is InChI=1S/C28H35N5OS/c1-21-11-13-33(14-12-21)27-26(10-5-22(2)29-27)28(34)30-23-6-8-24(9-7-23)32-17-15-31(16-18-32)20-25-4-3-19-35-25/h3-10,19,21H,11-18,20H2,1-2H3,(H,30,34). The van der Waals surface area contributed by atoms with Gasteiger partial charge in [-0.3, -0.25) is 9.69 Å². The smallest absolute Gasteiger partial charge is 0.259 e. The van der Waals surface area contributed by atoms with Gasteiger partial charge in [-0.2, -0.15) is 0 Å². The number of piperidine rings is 1. The Kier molecular flexibility index (Phi) is 7.35. The first-order valence-corrected chi connectivity index (χ1v) is 13.6. The van der Waals surface area contributed by atoms with Crippen molar-refractivity contribution >= 4 is 34.4 Å². The lowest BCUT2D eigenvalue weighted by Crippen LogP contribution is -2.45. The van der Waals surface area contributed by atoms with Crippen LogP contribution in [-0.4, -0.2) is 55.1 Å². The SMILES string of the molecule is Cc1ccc(C(=O)Nc2ccc(N3CCN(Cc4cccs4)CC3)cc2)c(N2CCC(C)CC2)n1. The van der Waals surface area contributed by atoms with Crippen molar-refractivity contribution in [2.24, 2.45) is 5.92 Å². The number of carbonyl (C=O) groups excluding carboxylic acids is 1. The van der Waals surface area contributed by atoms with E-state index in [-0.39, 0.29) is 5.91 Å². The average Bonchev–Trinajstić information content (AvgIpc) is 3.38. The molecular formula is C28H35N5OS. The Bertz CT molecular complexity index is 1110. The van der Waals surface area contributed by atoms with Crippen LogP contribution in [0.2, 0.25) is 0 Å². The summed E-state index contributed by atoms with van der Waals surface area (Å²) in [6.07, 6.45) is 2.28. The topological polar surface area (TPSA) is 51.7 Å². The van der Waals surface area contributed by atoms with E-state index in [2.05, 4.69) is 56.6 Å². The van der Waals surface area contributed by atoms with Gasteiger partial charge in [0.1, 0.15) is 5.82 Å². The quantitative estimate of drug-likeness (QED) is 0.512. The molecule has 1 N–H and O–H groups in total. The van der Waals surface area contributed by atoms with E-state index in [0.717, 1.165) is 81.8 Å². The zero-order chi connectivity index (χ0) is 24.2. The maximum atomic E-state index is 13.2. The number of amides is 1. The number of hydrogen-bond acceptors (Lipinski definition) is 6. The van der Waals surface area contributed by atoms with E-state index in [0.29, 0.717) is 5.56 Å². The molecule has 0 radical (unpaired) electrons. The molecule has 0 spiro atoms. The lowest BCUT2D eigenvalue weighted by atomic mass is 9.99. The van der Waals surface area contributed by atoms with Gasteiger partial charge in [-0.1, -0.05) is 13.0 Å². The number of aryl methyl sites for hydroxylation is 1. The number of hydrogen-bond donors (Lipinski definition) is 1. The van der Waals surface area contributed by atoms with E-state index in [1.807, 2.05) is 42.5 Å². The lowest BCUT2D eigenvalue weighted by molar-refractivity contribution is 0.102. The normalized spacial score (nSPS) is 17.5. The van der Waals surface area contributed by atoms with Gasteiger partial charge >= 0.3 is 0 Å². The van der Waals surface area contributed by atoms with Crippen molar-refractivity contribution in [3.63, 3.8) is 0 Å². The van der Waals surface area contributed by atoms with Gasteiger partial charge in [-0.25, -0.2) is 4.98 Å². The van der Waals surface area contributed by atoms with Crippen molar-refractivity contribution < 1.29 is 4.79 Å². The summed E-state index contributed by atoms with van der Waals surface area (Å²) in [7, 11) is 0. The molecule has 0 atom stereocenters. The van der Waals surface area contributed by atoms with Gasteiger partial charge in [-0.05, 0) is 73.5 Å². The number of aromatic nitrogens is 1. The molecular weight excluding hydrogens is 454 g/mol. The van der Waals surface area contributed by atoms with Crippen molar-refractivity contribution in [1.82, 2.24) is 9.88 Å². The summed E-state index contributed by atoms with van der Waals surface area (Å²) in [5, 5.41) is 5.25. The molecule has 6 nitrogen and oxygen atoms in total. The first-order valence-electron chi connectivity index (χ1n) is 12.7. The molecule has 2 aromatic heterocycles. The van der Waals surface area contributed by atoms with Crippen LogP contribution >= 0.6 is 11.3 Å². The fourth-order valence-electron chi connectivity index (χ4n) is 4.92. The second-order valence-corrected chi connectivity index (χ2v) is 10.9. The van der Waals surface area contributed by atoms with Crippen LogP contribution < -0.4 is 15.1 Å². The van der Waals surface area contributed by atoms with Crippen LogP contribution in [0.4, 0.5) is 17.2 Å². The summed E-state index contributed by atoms with van der Waals surface area (Å²) in [5.41, 5.74) is 3.61. The molecule has 0 aliphatic carbocycles. The minimum atomic E-state index is -0.0962. The zero-order valence-corrected chi connectivity index (χ0v) is 21.6. The van der Waals surface area contributed by atoms with Crippen molar-refractivity contribution in [1.29, 1.82) is 0 Å². The van der Waals surface area contributed by atoms with Crippen LogP contribution in [0.5, 0.6) is 0 Å². The van der Waals surface area contributed by atoms with E-state index < -0.39 is 0 Å². The fourth-order valence-corrected chi connectivity index (χ4v) is 5.67. The van der Waals surface area contributed by atoms with E-state index in [1.54, 1.807) is 0 Å². The van der Waals surface area contributed by atoms with Gasteiger partial charge in [0.2, 0.25) is 0 Å². The van der Waals surface area contributed by atoms with Gasteiger partial charge in [0.25, 0.3) is 5.91 Å². The second-order valence-electron chi connectivity index (χ2n) is 9.84. The maximum Gasteiger partial charge on any atom is 0.259 e. The molecule has 0 saturated carbocycles. The third-order valence-electron chi connectivity index (χ3n) is 7.16. The van der Waals surface area contributed by atoms with E-state index in [1.165, 1.54) is 10.6 Å². The minimum absolute atomic E-state index is 0.0962. The van der Waals surface area contributed by atoms with Crippen molar-refractivity contribution in [2.45, 2.75) is 33.2 Å². The summed E-state index contributed by atoms with van der Waals surface area (Å²) in [5.74, 6) is 1.45. The van der Waals surface area contributed by atoms with Crippen molar-refractivity contribution in [3.05, 3.63) is 70.0 Å². The van der Waals surface area contributed by atoms with E-state index in [4.69, 9.17) is 4.98 Å². The molecule has 1 aromatic carbocycles. The number of carbonyl (C=O) groups is 1. The number of anilines is 3. The summed E-state index contributed by atoms with van der Waals surface area (Å²) in [6.45, 7) is 11.4. The Morgan fingerprint density at radius 1 is 0.971 bits per heavy atom. The van der Waals surface area contributed by atoms with Gasteiger partial charge in [-0.15, -0.1) is 11.3 Å². The lowest BCUT2D eigenvalue weighted by Gasteiger charge is -2.36. The number of nitrogens with one attached hydrogen (secondary N) is 1. The van der Waals surface area contributed by atoms with Crippen LogP contribution in [-0.2, 0) is 6.54 Å². The van der Waals surface area contributed by atoms with Crippen molar-refractivity contribution in [3.8, 4) is 0 Å². The highest BCUT2D eigenvalue weighted by molar-refractivity contribution is 7.09. The molecule has 3 aromatic rings. The Balaban J connectivity index is 1.20. The predicted octanol–water partition coefficient (Wildman–Crippen LogP) is 5.26. The molecule has 5 rings (SSSR count). The maximum absolute atomic E-state index is 13.2. The summed E-state index contributed by atoms with van der Waals surface area (Å²) >= 11 is 1.83. The number of piperazine rings is 1. The third-order valence-corrected chi connectivity index (χ3v) is 8.03. The Labute approximate surface area is 212 Å². The molecule has 0 bridgehead atoms. The minimum Gasteiger partial charge on any atom is -0.369 e. The Morgan fingerprint density at radius 2 is 1.71 bits per heavy atom. The second kappa shape index (κ2) is 10.8. The molecule has 2 aliphatic rings. The molecule has 2 fully saturated rings.